The molecule has 0 bridgehead atoms. The molecule has 36 valence electrons. The molecule has 7 heavy (non-hydrogen) atoms. The van der Waals surface area contributed by atoms with Gasteiger partial charge in [0.1, 0.15) is 0 Å². The monoisotopic (exact) mass is 94.1 g/mol. The summed E-state index contributed by atoms with van der Waals surface area (Å²) in [5, 5.41) is 7.88. The van der Waals surface area contributed by atoms with Crippen molar-refractivity contribution in [1.82, 2.24) is 0 Å². The zero-order valence-electron chi connectivity index (χ0n) is 4.13. The van der Waals surface area contributed by atoms with Gasteiger partial charge in [0, 0.05) is 18.5 Å². The van der Waals surface area contributed by atoms with Gasteiger partial charge in [0.2, 0.25) is 0 Å². The van der Waals surface area contributed by atoms with E-state index in [0.29, 0.717) is 0 Å². The largest absolute Gasteiger partial charge is 0.269 e. The van der Waals surface area contributed by atoms with Crippen molar-refractivity contribution in [2.75, 3.05) is 0 Å². The molecule has 0 aromatic rings. The quantitative estimate of drug-likeness (QED) is 0.354. The zero-order valence-corrected chi connectivity index (χ0v) is 4.13. The molecule has 0 aliphatic carbocycles. The average molecular weight is 94.1 g/mol. The van der Waals surface area contributed by atoms with Gasteiger partial charge in [-0.05, 0) is 6.92 Å². The number of aliphatic imine (C=N–C) groups is 1. The van der Waals surface area contributed by atoms with Crippen LogP contribution in [-0.2, 0) is 0 Å². The molecule has 0 aliphatic rings. The number of nitriles is 1. The van der Waals surface area contributed by atoms with E-state index >= 15 is 0 Å². The number of rotatable bonds is 1. The molecule has 0 atom stereocenters. The fourth-order valence-corrected chi connectivity index (χ4v) is 0.162. The van der Waals surface area contributed by atoms with Crippen molar-refractivity contribution in [2.45, 2.75) is 6.92 Å². The van der Waals surface area contributed by atoms with Gasteiger partial charge in [-0.25, -0.2) is 0 Å². The smallest absolute Gasteiger partial charge is 0.0928 e. The minimum Gasteiger partial charge on any atom is -0.269 e. The van der Waals surface area contributed by atoms with E-state index in [1.165, 1.54) is 12.3 Å². The molecule has 0 N–H and O–H groups in total. The van der Waals surface area contributed by atoms with Gasteiger partial charge in [0.25, 0.3) is 0 Å². The Morgan fingerprint density at radius 1 is 1.71 bits per heavy atom. The summed E-state index contributed by atoms with van der Waals surface area (Å²) >= 11 is 0. The highest BCUT2D eigenvalue weighted by Crippen LogP contribution is 1.67. The Bertz CT molecular complexity index is 117. The van der Waals surface area contributed by atoms with Gasteiger partial charge >= 0.3 is 0 Å². The first-order valence-corrected chi connectivity index (χ1v) is 1.94. The van der Waals surface area contributed by atoms with E-state index in [0.717, 1.165) is 0 Å². The van der Waals surface area contributed by atoms with Crippen molar-refractivity contribution in [3.05, 3.63) is 12.3 Å². The van der Waals surface area contributed by atoms with Crippen LogP contribution in [0.5, 0.6) is 0 Å². The molecule has 0 spiro atoms. The summed E-state index contributed by atoms with van der Waals surface area (Å²) in [5.41, 5.74) is 0. The first kappa shape index (κ1) is 5.90. The van der Waals surface area contributed by atoms with Crippen LogP contribution in [0.3, 0.4) is 0 Å². The maximum absolute atomic E-state index is 7.88. The first-order chi connectivity index (χ1) is 3.41. The lowest BCUT2D eigenvalue weighted by Gasteiger charge is -1.63. The summed E-state index contributed by atoms with van der Waals surface area (Å²) in [7, 11) is 0. The van der Waals surface area contributed by atoms with Crippen LogP contribution in [0.1, 0.15) is 6.92 Å². The highest BCUT2D eigenvalue weighted by atomic mass is 14.6. The van der Waals surface area contributed by atoms with Gasteiger partial charge in [0.15, 0.2) is 0 Å². The summed E-state index contributed by atoms with van der Waals surface area (Å²) in [4.78, 5) is 3.63. The normalized spacial score (nSPS) is 10.3. The Balaban J connectivity index is 3.33. The summed E-state index contributed by atoms with van der Waals surface area (Å²) in [6.45, 7) is 1.79. The van der Waals surface area contributed by atoms with Crippen LogP contribution in [0.4, 0.5) is 0 Å². The Hall–Kier alpha value is -1.10. The molecule has 0 saturated carbocycles. The second kappa shape index (κ2) is 4.90. The van der Waals surface area contributed by atoms with E-state index in [1.54, 1.807) is 13.1 Å². The van der Waals surface area contributed by atoms with E-state index in [1.807, 2.05) is 6.07 Å². The SMILES string of the molecule is CC=N/C=C\C#N. The number of hydrogen-bond acceptors (Lipinski definition) is 2. The average Bonchev–Trinajstić information content (AvgIpc) is 1.69. The third kappa shape index (κ3) is 4.90. The highest BCUT2D eigenvalue weighted by molar-refractivity contribution is 5.54. The standard InChI is InChI=1S/C5H6N2/c1-2-7-5-3-4-6/h2-3,5H,1H3/b5-3-,7-2?. The first-order valence-electron chi connectivity index (χ1n) is 1.94. The molecule has 0 radical (unpaired) electrons. The minimum absolute atomic E-state index is 1.32. The Labute approximate surface area is 42.8 Å². The van der Waals surface area contributed by atoms with Crippen molar-refractivity contribution in [3.8, 4) is 6.07 Å². The molecule has 0 fully saturated rings. The lowest BCUT2D eigenvalue weighted by atomic mass is 10.7. The van der Waals surface area contributed by atoms with Gasteiger partial charge in [0.05, 0.1) is 6.07 Å². The fraction of sp³-hybridized carbons (Fsp3) is 0.200. The minimum atomic E-state index is 1.32. The van der Waals surface area contributed by atoms with Gasteiger partial charge in [-0.1, -0.05) is 0 Å². The number of allylic oxidation sites excluding steroid dienone is 1. The van der Waals surface area contributed by atoms with E-state index in [-0.39, 0.29) is 0 Å². The van der Waals surface area contributed by atoms with E-state index in [4.69, 9.17) is 5.26 Å². The third-order valence-corrected chi connectivity index (χ3v) is 0.384. The van der Waals surface area contributed by atoms with E-state index in [2.05, 4.69) is 4.99 Å². The predicted octanol–water partition coefficient (Wildman–Crippen LogP) is 1.11. The molecule has 0 heterocycles. The zero-order chi connectivity index (χ0) is 5.54. The predicted molar refractivity (Wildman–Crippen MR) is 28.9 cm³/mol. The molecule has 0 saturated heterocycles. The second-order valence-electron chi connectivity index (χ2n) is 0.852. The Kier molecular flexibility index (Phi) is 4.13. The lowest BCUT2D eigenvalue weighted by Crippen LogP contribution is -1.51. The van der Waals surface area contributed by atoms with Crippen LogP contribution < -0.4 is 0 Å². The van der Waals surface area contributed by atoms with Crippen molar-refractivity contribution < 1.29 is 0 Å². The maximum Gasteiger partial charge on any atom is 0.0928 e. The van der Waals surface area contributed by atoms with Gasteiger partial charge in [-0.3, -0.25) is 4.99 Å². The van der Waals surface area contributed by atoms with Crippen molar-refractivity contribution >= 4 is 6.21 Å². The highest BCUT2D eigenvalue weighted by Gasteiger charge is 1.54. The molecule has 2 nitrogen and oxygen atoms in total. The molecule has 2 heteroatoms. The number of hydrogen-bond donors (Lipinski definition) is 0. The molecule has 0 unspecified atom stereocenters. The molecule has 0 rings (SSSR count). The van der Waals surface area contributed by atoms with Crippen LogP contribution in [0, 0.1) is 11.3 Å². The topological polar surface area (TPSA) is 36.1 Å². The molecular weight excluding hydrogens is 88.1 g/mol. The summed E-state index contributed by atoms with van der Waals surface area (Å²) in [5.74, 6) is 0. The van der Waals surface area contributed by atoms with Crippen LogP contribution in [0.25, 0.3) is 0 Å². The second-order valence-corrected chi connectivity index (χ2v) is 0.852. The molecule has 0 amide bonds. The maximum atomic E-state index is 7.88. The Morgan fingerprint density at radius 3 is 2.86 bits per heavy atom. The van der Waals surface area contributed by atoms with Gasteiger partial charge in [-0.15, -0.1) is 0 Å². The molecular formula is C5H6N2. The van der Waals surface area contributed by atoms with Gasteiger partial charge in [-0.2, -0.15) is 5.26 Å². The Morgan fingerprint density at radius 2 is 2.43 bits per heavy atom. The molecule has 0 aromatic carbocycles. The number of nitrogens with zero attached hydrogens (tertiary/aromatic N) is 2. The fourth-order valence-electron chi connectivity index (χ4n) is 0.162. The van der Waals surface area contributed by atoms with Crippen LogP contribution in [-0.4, -0.2) is 6.21 Å². The van der Waals surface area contributed by atoms with Crippen molar-refractivity contribution in [2.24, 2.45) is 4.99 Å². The molecule has 0 aliphatic heterocycles. The summed E-state index contributed by atoms with van der Waals surface area (Å²) in [6.07, 6.45) is 4.38. The summed E-state index contributed by atoms with van der Waals surface area (Å²) < 4.78 is 0. The summed E-state index contributed by atoms with van der Waals surface area (Å²) in [6, 6.07) is 1.81. The van der Waals surface area contributed by atoms with Crippen LogP contribution >= 0.6 is 0 Å². The van der Waals surface area contributed by atoms with Gasteiger partial charge < -0.3 is 0 Å². The van der Waals surface area contributed by atoms with Crippen molar-refractivity contribution in [1.29, 1.82) is 5.26 Å². The van der Waals surface area contributed by atoms with E-state index < -0.39 is 0 Å². The van der Waals surface area contributed by atoms with E-state index in [9.17, 15) is 0 Å². The third-order valence-electron chi connectivity index (χ3n) is 0.384. The van der Waals surface area contributed by atoms with Crippen molar-refractivity contribution in [3.63, 3.8) is 0 Å². The molecule has 0 aromatic heterocycles. The lowest BCUT2D eigenvalue weighted by molar-refractivity contribution is 1.51. The van der Waals surface area contributed by atoms with Crippen LogP contribution in [0.15, 0.2) is 17.3 Å². The van der Waals surface area contributed by atoms with Crippen LogP contribution in [0.2, 0.25) is 0 Å².